The van der Waals surface area contributed by atoms with Crippen molar-refractivity contribution in [1.82, 2.24) is 9.55 Å². The van der Waals surface area contributed by atoms with Crippen LogP contribution in [0.25, 0.3) is 0 Å². The number of carbonyl (C=O) groups excluding carboxylic acids is 1. The molecule has 7 nitrogen and oxygen atoms in total. The lowest BCUT2D eigenvalue weighted by Crippen LogP contribution is -2.39. The number of halogens is 2. The number of esters is 1. The van der Waals surface area contributed by atoms with Crippen molar-refractivity contribution in [3.05, 3.63) is 33.1 Å². The largest absolute Gasteiger partial charge is 0.463 e. The van der Waals surface area contributed by atoms with Gasteiger partial charge in [0.25, 0.3) is 5.56 Å². The molecule has 1 aromatic heterocycles. The Kier molecular flexibility index (Phi) is 4.21. The zero-order valence-corrected chi connectivity index (χ0v) is 11.2. The SMILES string of the molecule is CC(=O)OCC1(CF)CC(F)C(n2ccc(=O)[nH]c2=O)O1. The lowest BCUT2D eigenvalue weighted by molar-refractivity contribution is -0.158. The molecule has 116 valence electrons. The Morgan fingerprint density at radius 1 is 1.62 bits per heavy atom. The van der Waals surface area contributed by atoms with E-state index in [-0.39, 0.29) is 6.42 Å². The number of aromatic nitrogens is 2. The first-order valence-corrected chi connectivity index (χ1v) is 6.19. The summed E-state index contributed by atoms with van der Waals surface area (Å²) in [5.74, 6) is -0.647. The zero-order valence-electron chi connectivity index (χ0n) is 11.2. The van der Waals surface area contributed by atoms with Crippen molar-refractivity contribution in [2.45, 2.75) is 31.3 Å². The second-order valence-corrected chi connectivity index (χ2v) is 4.84. The van der Waals surface area contributed by atoms with E-state index in [0.717, 1.165) is 23.8 Å². The van der Waals surface area contributed by atoms with Crippen molar-refractivity contribution < 1.29 is 23.0 Å². The van der Waals surface area contributed by atoms with Crippen LogP contribution in [-0.4, -0.2) is 40.6 Å². The Labute approximate surface area is 117 Å². The van der Waals surface area contributed by atoms with Crippen molar-refractivity contribution in [3.63, 3.8) is 0 Å². The molecular weight excluding hydrogens is 290 g/mol. The molecule has 0 radical (unpaired) electrons. The molecule has 1 aliphatic rings. The maximum Gasteiger partial charge on any atom is 0.330 e. The summed E-state index contributed by atoms with van der Waals surface area (Å²) in [6.45, 7) is -0.388. The summed E-state index contributed by atoms with van der Waals surface area (Å²) in [5.41, 5.74) is -3.13. The van der Waals surface area contributed by atoms with E-state index in [2.05, 4.69) is 4.74 Å². The van der Waals surface area contributed by atoms with Gasteiger partial charge in [-0.25, -0.2) is 13.6 Å². The number of nitrogens with zero attached hydrogens (tertiary/aromatic N) is 1. The fourth-order valence-corrected chi connectivity index (χ4v) is 2.14. The molecule has 1 fully saturated rings. The lowest BCUT2D eigenvalue weighted by Gasteiger charge is -2.25. The maximum absolute atomic E-state index is 14.1. The van der Waals surface area contributed by atoms with E-state index in [1.54, 1.807) is 0 Å². The Balaban J connectivity index is 2.25. The van der Waals surface area contributed by atoms with E-state index >= 15 is 0 Å². The average molecular weight is 304 g/mol. The highest BCUT2D eigenvalue weighted by Crippen LogP contribution is 2.38. The van der Waals surface area contributed by atoms with Gasteiger partial charge in [0.2, 0.25) is 0 Å². The van der Waals surface area contributed by atoms with Crippen molar-refractivity contribution >= 4 is 5.97 Å². The van der Waals surface area contributed by atoms with Crippen molar-refractivity contribution in [2.24, 2.45) is 0 Å². The first-order chi connectivity index (χ1) is 9.87. The number of hydrogen-bond donors (Lipinski definition) is 1. The van der Waals surface area contributed by atoms with E-state index in [1.807, 2.05) is 4.98 Å². The van der Waals surface area contributed by atoms with Gasteiger partial charge in [0.1, 0.15) is 25.1 Å². The Bertz CT molecular complexity index is 643. The third-order valence-corrected chi connectivity index (χ3v) is 3.15. The van der Waals surface area contributed by atoms with Crippen molar-refractivity contribution in [2.75, 3.05) is 13.3 Å². The van der Waals surface area contributed by atoms with Crippen molar-refractivity contribution in [1.29, 1.82) is 0 Å². The summed E-state index contributed by atoms with van der Waals surface area (Å²) in [5, 5.41) is 0. The fourth-order valence-electron chi connectivity index (χ4n) is 2.14. The summed E-state index contributed by atoms with van der Waals surface area (Å²) in [4.78, 5) is 35.4. The van der Waals surface area contributed by atoms with Crippen LogP contribution in [0.3, 0.4) is 0 Å². The molecule has 0 aliphatic carbocycles. The van der Waals surface area contributed by atoms with E-state index in [9.17, 15) is 23.2 Å². The van der Waals surface area contributed by atoms with Gasteiger partial charge in [-0.2, -0.15) is 0 Å². The van der Waals surface area contributed by atoms with Crippen LogP contribution in [0.5, 0.6) is 0 Å². The number of ether oxygens (including phenoxy) is 2. The first kappa shape index (κ1) is 15.4. The van der Waals surface area contributed by atoms with Gasteiger partial charge in [-0.3, -0.25) is 19.1 Å². The van der Waals surface area contributed by atoms with E-state index < -0.39 is 48.5 Å². The van der Waals surface area contributed by atoms with Gasteiger partial charge < -0.3 is 9.47 Å². The van der Waals surface area contributed by atoms with Gasteiger partial charge in [-0.1, -0.05) is 0 Å². The third-order valence-electron chi connectivity index (χ3n) is 3.15. The van der Waals surface area contributed by atoms with Crippen LogP contribution in [0.15, 0.2) is 21.9 Å². The van der Waals surface area contributed by atoms with E-state index in [1.165, 1.54) is 0 Å². The number of H-pyrrole nitrogens is 1. The molecule has 2 rings (SSSR count). The summed E-state index contributed by atoms with van der Waals surface area (Å²) in [7, 11) is 0. The molecule has 0 spiro atoms. The highest BCUT2D eigenvalue weighted by atomic mass is 19.1. The fraction of sp³-hybridized carbons (Fsp3) is 0.583. The number of aromatic amines is 1. The molecule has 3 atom stereocenters. The molecule has 0 aromatic carbocycles. The molecule has 0 bridgehead atoms. The monoisotopic (exact) mass is 304 g/mol. The van der Waals surface area contributed by atoms with Crippen LogP contribution in [0, 0.1) is 0 Å². The average Bonchev–Trinajstić information content (AvgIpc) is 2.74. The minimum Gasteiger partial charge on any atom is -0.463 e. The standard InChI is InChI=1S/C12H14F2N2O5/c1-7(17)20-6-12(5-13)4-8(14)10(21-12)16-3-2-9(18)15-11(16)19/h2-3,8,10H,4-6H2,1H3,(H,15,18,19). The summed E-state index contributed by atoms with van der Waals surface area (Å²) >= 11 is 0. The second-order valence-electron chi connectivity index (χ2n) is 4.84. The molecule has 0 amide bonds. The Morgan fingerprint density at radius 2 is 2.33 bits per heavy atom. The molecule has 21 heavy (non-hydrogen) atoms. The number of hydrogen-bond acceptors (Lipinski definition) is 5. The number of alkyl halides is 2. The minimum absolute atomic E-state index is 0.368. The van der Waals surface area contributed by atoms with Crippen LogP contribution in [0.4, 0.5) is 8.78 Å². The highest BCUT2D eigenvalue weighted by Gasteiger charge is 2.49. The van der Waals surface area contributed by atoms with Crippen LogP contribution >= 0.6 is 0 Å². The molecule has 2 heterocycles. The predicted octanol–water partition coefficient (Wildman–Crippen LogP) is 0.0650. The van der Waals surface area contributed by atoms with Gasteiger partial charge in [-0.05, 0) is 0 Å². The van der Waals surface area contributed by atoms with Crippen molar-refractivity contribution in [3.8, 4) is 0 Å². The number of carbonyl (C=O) groups is 1. The molecule has 9 heteroatoms. The van der Waals surface area contributed by atoms with Crippen LogP contribution in [0.1, 0.15) is 19.6 Å². The smallest absolute Gasteiger partial charge is 0.330 e. The Morgan fingerprint density at radius 3 is 2.90 bits per heavy atom. The van der Waals surface area contributed by atoms with Crippen LogP contribution in [0.2, 0.25) is 0 Å². The third kappa shape index (κ3) is 3.18. The molecule has 1 saturated heterocycles. The van der Waals surface area contributed by atoms with Gasteiger partial charge in [0.15, 0.2) is 6.23 Å². The highest BCUT2D eigenvalue weighted by molar-refractivity contribution is 5.65. The molecular formula is C12H14F2N2O5. The van der Waals surface area contributed by atoms with E-state index in [4.69, 9.17) is 4.74 Å². The van der Waals surface area contributed by atoms with Gasteiger partial charge >= 0.3 is 11.7 Å². The minimum atomic E-state index is -1.68. The first-order valence-electron chi connectivity index (χ1n) is 6.19. The summed E-state index contributed by atoms with van der Waals surface area (Å²) < 4.78 is 38.1. The van der Waals surface area contributed by atoms with E-state index in [0.29, 0.717) is 0 Å². The molecule has 1 aromatic rings. The normalized spacial score (nSPS) is 28.5. The molecule has 1 aliphatic heterocycles. The quantitative estimate of drug-likeness (QED) is 0.795. The maximum atomic E-state index is 14.1. The molecule has 3 unspecified atom stereocenters. The summed E-state index contributed by atoms with van der Waals surface area (Å²) in [6, 6.07) is 1.03. The lowest BCUT2D eigenvalue weighted by atomic mass is 10.0. The Hall–Kier alpha value is -2.03. The number of rotatable bonds is 4. The molecule has 1 N–H and O–H groups in total. The van der Waals surface area contributed by atoms with Gasteiger partial charge in [0, 0.05) is 25.6 Å². The summed E-state index contributed by atoms with van der Waals surface area (Å²) in [6.07, 6.45) is -2.37. The predicted molar refractivity (Wildman–Crippen MR) is 66.3 cm³/mol. The van der Waals surface area contributed by atoms with Crippen LogP contribution < -0.4 is 11.2 Å². The number of nitrogens with one attached hydrogen (secondary N) is 1. The molecule has 0 saturated carbocycles. The zero-order chi connectivity index (χ0) is 15.6. The topological polar surface area (TPSA) is 90.4 Å². The van der Waals surface area contributed by atoms with Gasteiger partial charge in [-0.15, -0.1) is 0 Å². The van der Waals surface area contributed by atoms with Gasteiger partial charge in [0.05, 0.1) is 0 Å². The second kappa shape index (κ2) is 5.76. The van der Waals surface area contributed by atoms with Crippen LogP contribution in [-0.2, 0) is 14.3 Å².